The van der Waals surface area contributed by atoms with Gasteiger partial charge in [-0.15, -0.1) is 0 Å². The molecule has 2 aromatic carbocycles. The molecular weight excluding hydrogens is 459 g/mol. The average Bonchev–Trinajstić information content (AvgIpc) is 2.83. The first-order valence-electron chi connectivity index (χ1n) is 11.3. The summed E-state index contributed by atoms with van der Waals surface area (Å²) < 4.78 is 25.3. The van der Waals surface area contributed by atoms with E-state index in [9.17, 15) is 14.0 Å². The molecule has 3 aromatic rings. The highest BCUT2D eigenvalue weighted by Gasteiger charge is 2.32. The van der Waals surface area contributed by atoms with Gasteiger partial charge in [0.1, 0.15) is 5.75 Å². The van der Waals surface area contributed by atoms with Crippen LogP contribution in [0.5, 0.6) is 5.75 Å². The summed E-state index contributed by atoms with van der Waals surface area (Å²) in [6.07, 6.45) is 0.648. The van der Waals surface area contributed by atoms with E-state index in [0.717, 1.165) is 6.42 Å². The molecule has 4 rings (SSSR count). The van der Waals surface area contributed by atoms with Gasteiger partial charge in [-0.1, -0.05) is 29.8 Å². The molecule has 1 saturated heterocycles. The van der Waals surface area contributed by atoms with Crippen molar-refractivity contribution >= 4 is 34.4 Å². The van der Waals surface area contributed by atoms with Gasteiger partial charge in [0.2, 0.25) is 5.95 Å². The van der Waals surface area contributed by atoms with Crippen LogP contribution in [0, 0.1) is 11.9 Å². The second-order valence-electron chi connectivity index (χ2n) is 8.29. The van der Waals surface area contributed by atoms with Gasteiger partial charge in [-0.3, -0.25) is 9.59 Å². The molecule has 0 radical (unpaired) electrons. The third kappa shape index (κ3) is 5.14. The number of amides is 1. The lowest BCUT2D eigenvalue weighted by atomic mass is 9.98. The lowest BCUT2D eigenvalue weighted by Crippen LogP contribution is -2.47. The Morgan fingerprint density at radius 1 is 1.21 bits per heavy atom. The van der Waals surface area contributed by atoms with Gasteiger partial charge in [0, 0.05) is 41.2 Å². The summed E-state index contributed by atoms with van der Waals surface area (Å²) in [4.78, 5) is 30.7. The van der Waals surface area contributed by atoms with E-state index in [1.165, 1.54) is 6.07 Å². The predicted octanol–water partition coefficient (Wildman–Crippen LogP) is 5.26. The summed E-state index contributed by atoms with van der Waals surface area (Å²) in [5, 5.41) is 1.23. The summed E-state index contributed by atoms with van der Waals surface area (Å²) in [7, 11) is 0. The fourth-order valence-corrected chi connectivity index (χ4v) is 4.53. The van der Waals surface area contributed by atoms with Crippen LogP contribution >= 0.6 is 11.6 Å². The van der Waals surface area contributed by atoms with Crippen LogP contribution in [0.1, 0.15) is 26.7 Å². The third-order valence-electron chi connectivity index (χ3n) is 5.93. The molecular formula is C26H26ClFN2O4. The van der Waals surface area contributed by atoms with Gasteiger partial charge in [0.15, 0.2) is 6.10 Å². The van der Waals surface area contributed by atoms with Crippen LogP contribution in [-0.4, -0.2) is 47.6 Å². The highest BCUT2D eigenvalue weighted by molar-refractivity contribution is 6.33. The van der Waals surface area contributed by atoms with E-state index in [1.807, 2.05) is 18.2 Å². The van der Waals surface area contributed by atoms with E-state index < -0.39 is 12.1 Å². The molecule has 1 aliphatic heterocycles. The first-order chi connectivity index (χ1) is 16.4. The molecule has 178 valence electrons. The van der Waals surface area contributed by atoms with Gasteiger partial charge in [-0.2, -0.15) is 4.39 Å². The number of aromatic nitrogens is 1. The van der Waals surface area contributed by atoms with Crippen LogP contribution in [0.2, 0.25) is 5.02 Å². The van der Waals surface area contributed by atoms with Gasteiger partial charge in [0.25, 0.3) is 5.91 Å². The van der Waals surface area contributed by atoms with E-state index in [2.05, 4.69) is 4.98 Å². The number of esters is 1. The molecule has 0 aliphatic carbocycles. The minimum atomic E-state index is -0.782. The number of likely N-dealkylation sites (tertiary alicyclic amines) is 1. The van der Waals surface area contributed by atoms with E-state index in [1.54, 1.807) is 43.0 Å². The summed E-state index contributed by atoms with van der Waals surface area (Å²) in [5.74, 6) is -1.04. The van der Waals surface area contributed by atoms with Gasteiger partial charge in [-0.05, 0) is 50.5 Å². The fraction of sp³-hybridized carbons (Fsp3) is 0.346. The molecule has 6 nitrogen and oxygen atoms in total. The number of benzene rings is 2. The van der Waals surface area contributed by atoms with E-state index in [0.29, 0.717) is 58.9 Å². The SMILES string of the molecule is CCOC(=O)[C@H]1CCCN(C(=O)[C@@H](C)Oc2ccc3c(-c4ccccc4Cl)cc(F)nc3c2)C1. The van der Waals surface area contributed by atoms with E-state index >= 15 is 0 Å². The maximum atomic E-state index is 14.3. The predicted molar refractivity (Wildman–Crippen MR) is 128 cm³/mol. The number of hydrogen-bond donors (Lipinski definition) is 0. The smallest absolute Gasteiger partial charge is 0.310 e. The van der Waals surface area contributed by atoms with Crippen molar-refractivity contribution in [1.82, 2.24) is 9.88 Å². The Kier molecular flexibility index (Phi) is 7.32. The van der Waals surface area contributed by atoms with Crippen LogP contribution in [0.15, 0.2) is 48.5 Å². The van der Waals surface area contributed by atoms with Crippen LogP contribution in [0.3, 0.4) is 0 Å². The molecule has 1 aliphatic rings. The normalized spacial score (nSPS) is 16.8. The zero-order valence-electron chi connectivity index (χ0n) is 19.1. The quantitative estimate of drug-likeness (QED) is 0.352. The topological polar surface area (TPSA) is 68.7 Å². The number of nitrogens with zero attached hydrogens (tertiary/aromatic N) is 2. The molecule has 1 fully saturated rings. The Morgan fingerprint density at radius 3 is 2.76 bits per heavy atom. The second-order valence-corrected chi connectivity index (χ2v) is 8.69. The van der Waals surface area contributed by atoms with Crippen LogP contribution in [0.4, 0.5) is 4.39 Å². The summed E-state index contributed by atoms with van der Waals surface area (Å²) in [6.45, 7) is 4.62. The molecule has 0 unspecified atom stereocenters. The largest absolute Gasteiger partial charge is 0.481 e. The number of hydrogen-bond acceptors (Lipinski definition) is 5. The number of pyridine rings is 1. The molecule has 2 atom stereocenters. The number of piperidine rings is 1. The summed E-state index contributed by atoms with van der Waals surface area (Å²) >= 11 is 6.33. The maximum Gasteiger partial charge on any atom is 0.310 e. The molecule has 0 bridgehead atoms. The Balaban J connectivity index is 1.53. The standard InChI is InChI=1S/C26H26ClFN2O4/c1-3-33-26(32)17-7-6-12-30(15-17)25(31)16(2)34-18-10-11-20-21(14-24(28)29-23(20)13-18)19-8-4-5-9-22(19)27/h4-5,8-11,13-14,16-17H,3,6-7,12,15H2,1-2H3/t16-,17+/m1/s1. The third-order valence-corrected chi connectivity index (χ3v) is 6.26. The van der Waals surface area contributed by atoms with E-state index in [-0.39, 0.29) is 17.8 Å². The van der Waals surface area contributed by atoms with Crippen LogP contribution < -0.4 is 4.74 Å². The number of halogens is 2. The lowest BCUT2D eigenvalue weighted by Gasteiger charge is -2.33. The van der Waals surface area contributed by atoms with E-state index in [4.69, 9.17) is 21.1 Å². The number of fused-ring (bicyclic) bond motifs is 1. The highest BCUT2D eigenvalue weighted by Crippen LogP contribution is 2.34. The maximum absolute atomic E-state index is 14.3. The van der Waals surface area contributed by atoms with Crippen molar-refractivity contribution in [2.24, 2.45) is 5.92 Å². The molecule has 0 spiro atoms. The zero-order chi connectivity index (χ0) is 24.2. The van der Waals surface area contributed by atoms with Crippen molar-refractivity contribution in [2.45, 2.75) is 32.8 Å². The minimum absolute atomic E-state index is 0.210. The number of carbonyl (C=O) groups excluding carboxylic acids is 2. The van der Waals surface area contributed by atoms with Gasteiger partial charge in [-0.25, -0.2) is 4.98 Å². The average molecular weight is 485 g/mol. The second kappa shape index (κ2) is 10.4. The highest BCUT2D eigenvalue weighted by atomic mass is 35.5. The van der Waals surface area contributed by atoms with Crippen LogP contribution in [-0.2, 0) is 14.3 Å². The molecule has 8 heteroatoms. The number of rotatable bonds is 6. The number of carbonyl (C=O) groups is 2. The Morgan fingerprint density at radius 2 is 2.00 bits per heavy atom. The number of ether oxygens (including phenoxy) is 2. The van der Waals surface area contributed by atoms with Gasteiger partial charge in [0.05, 0.1) is 18.0 Å². The minimum Gasteiger partial charge on any atom is -0.481 e. The Labute approximate surface area is 202 Å². The Bertz CT molecular complexity index is 1220. The molecule has 34 heavy (non-hydrogen) atoms. The van der Waals surface area contributed by atoms with Crippen molar-refractivity contribution in [3.8, 4) is 16.9 Å². The van der Waals surface area contributed by atoms with Crippen molar-refractivity contribution in [2.75, 3.05) is 19.7 Å². The van der Waals surface area contributed by atoms with Crippen molar-refractivity contribution < 1.29 is 23.5 Å². The lowest BCUT2D eigenvalue weighted by molar-refractivity contribution is -0.152. The van der Waals surface area contributed by atoms with Crippen molar-refractivity contribution in [3.05, 3.63) is 59.5 Å². The zero-order valence-corrected chi connectivity index (χ0v) is 19.8. The van der Waals surface area contributed by atoms with Crippen LogP contribution in [0.25, 0.3) is 22.0 Å². The summed E-state index contributed by atoms with van der Waals surface area (Å²) in [6, 6.07) is 13.7. The van der Waals surface area contributed by atoms with Gasteiger partial charge < -0.3 is 14.4 Å². The molecule has 0 N–H and O–H groups in total. The van der Waals surface area contributed by atoms with Crippen molar-refractivity contribution in [1.29, 1.82) is 0 Å². The first kappa shape index (κ1) is 24.0. The monoisotopic (exact) mass is 484 g/mol. The Hall–Kier alpha value is -3.19. The molecule has 1 amide bonds. The first-order valence-corrected chi connectivity index (χ1v) is 11.7. The van der Waals surface area contributed by atoms with Gasteiger partial charge >= 0.3 is 5.97 Å². The molecule has 2 heterocycles. The summed E-state index contributed by atoms with van der Waals surface area (Å²) in [5.41, 5.74) is 1.73. The van der Waals surface area contributed by atoms with Crippen molar-refractivity contribution in [3.63, 3.8) is 0 Å². The molecule has 1 aromatic heterocycles. The molecule has 0 saturated carbocycles. The fourth-order valence-electron chi connectivity index (χ4n) is 4.29.